The summed E-state index contributed by atoms with van der Waals surface area (Å²) >= 11 is 0. The zero-order valence-electron chi connectivity index (χ0n) is 17.6. The van der Waals surface area contributed by atoms with Crippen LogP contribution in [0.3, 0.4) is 0 Å². The zero-order valence-corrected chi connectivity index (χ0v) is 17.6. The lowest BCUT2D eigenvalue weighted by Gasteiger charge is -2.34. The fraction of sp³-hybridized carbons (Fsp3) is 0.409. The van der Waals surface area contributed by atoms with Crippen molar-refractivity contribution in [1.29, 1.82) is 0 Å². The summed E-state index contributed by atoms with van der Waals surface area (Å²) in [7, 11) is 4.63. The SMILES string of the molecule is CCOc1ccc(C2C3=C(CCCC3=O)Nc3c2c(=O)n(C)c(=O)n3C)cc1OC. The van der Waals surface area contributed by atoms with E-state index in [4.69, 9.17) is 9.47 Å². The molecule has 1 atom stereocenters. The van der Waals surface area contributed by atoms with E-state index in [9.17, 15) is 14.4 Å². The van der Waals surface area contributed by atoms with Crippen molar-refractivity contribution in [2.75, 3.05) is 19.0 Å². The van der Waals surface area contributed by atoms with Crippen molar-refractivity contribution in [1.82, 2.24) is 9.13 Å². The van der Waals surface area contributed by atoms with Crippen LogP contribution in [0.1, 0.15) is 43.2 Å². The Balaban J connectivity index is 2.02. The van der Waals surface area contributed by atoms with Crippen molar-refractivity contribution in [3.05, 3.63) is 61.4 Å². The molecule has 0 radical (unpaired) electrons. The van der Waals surface area contributed by atoms with Crippen LogP contribution in [0.25, 0.3) is 0 Å². The summed E-state index contributed by atoms with van der Waals surface area (Å²) < 4.78 is 13.6. The summed E-state index contributed by atoms with van der Waals surface area (Å²) in [5, 5.41) is 3.22. The molecule has 8 nitrogen and oxygen atoms in total. The van der Waals surface area contributed by atoms with E-state index in [2.05, 4.69) is 5.32 Å². The number of ether oxygens (including phenoxy) is 2. The number of ketones is 1. The van der Waals surface area contributed by atoms with E-state index in [0.29, 0.717) is 47.9 Å². The molecule has 0 spiro atoms. The number of nitrogens with one attached hydrogen (secondary N) is 1. The molecule has 2 heterocycles. The van der Waals surface area contributed by atoms with E-state index in [1.165, 1.54) is 11.6 Å². The molecule has 30 heavy (non-hydrogen) atoms. The maximum atomic E-state index is 13.2. The number of hydrogen-bond acceptors (Lipinski definition) is 6. The summed E-state index contributed by atoms with van der Waals surface area (Å²) in [5.74, 6) is 0.994. The summed E-state index contributed by atoms with van der Waals surface area (Å²) in [6.45, 7) is 2.38. The molecule has 0 saturated heterocycles. The number of rotatable bonds is 4. The van der Waals surface area contributed by atoms with Gasteiger partial charge in [-0.1, -0.05) is 6.07 Å². The Morgan fingerprint density at radius 1 is 1.10 bits per heavy atom. The maximum Gasteiger partial charge on any atom is 0.332 e. The van der Waals surface area contributed by atoms with Gasteiger partial charge in [-0.3, -0.25) is 18.7 Å². The van der Waals surface area contributed by atoms with Gasteiger partial charge in [0.1, 0.15) is 5.82 Å². The fourth-order valence-corrected chi connectivity index (χ4v) is 4.37. The molecule has 1 aromatic carbocycles. The largest absolute Gasteiger partial charge is 0.493 e. The predicted octanol–water partition coefficient (Wildman–Crippen LogP) is 2.06. The average molecular weight is 411 g/mol. The van der Waals surface area contributed by atoms with Crippen LogP contribution in [0.5, 0.6) is 11.5 Å². The lowest BCUT2D eigenvalue weighted by atomic mass is 9.76. The minimum Gasteiger partial charge on any atom is -0.493 e. The highest BCUT2D eigenvalue weighted by Crippen LogP contribution is 2.45. The van der Waals surface area contributed by atoms with Crippen LogP contribution in [-0.4, -0.2) is 28.6 Å². The van der Waals surface area contributed by atoms with Crippen LogP contribution in [0.2, 0.25) is 0 Å². The highest BCUT2D eigenvalue weighted by atomic mass is 16.5. The Morgan fingerprint density at radius 3 is 2.57 bits per heavy atom. The van der Waals surface area contributed by atoms with Crippen molar-refractivity contribution in [2.45, 2.75) is 32.1 Å². The van der Waals surface area contributed by atoms with Crippen LogP contribution in [0, 0.1) is 0 Å². The first kappa shape index (κ1) is 20.0. The van der Waals surface area contributed by atoms with Gasteiger partial charge in [0.25, 0.3) is 5.56 Å². The van der Waals surface area contributed by atoms with E-state index >= 15 is 0 Å². The first-order valence-electron chi connectivity index (χ1n) is 10.0. The van der Waals surface area contributed by atoms with Gasteiger partial charge in [-0.25, -0.2) is 4.79 Å². The average Bonchev–Trinajstić information content (AvgIpc) is 2.75. The van der Waals surface area contributed by atoms with Crippen molar-refractivity contribution in [3.8, 4) is 11.5 Å². The first-order valence-corrected chi connectivity index (χ1v) is 10.0. The molecule has 1 aliphatic carbocycles. The Morgan fingerprint density at radius 2 is 1.87 bits per heavy atom. The van der Waals surface area contributed by atoms with Gasteiger partial charge in [-0.15, -0.1) is 0 Å². The molecular formula is C22H25N3O5. The second kappa shape index (κ2) is 7.51. The first-order chi connectivity index (χ1) is 14.4. The number of anilines is 1. The summed E-state index contributed by atoms with van der Waals surface area (Å²) in [4.78, 5) is 38.7. The molecule has 0 fully saturated rings. The Labute approximate surface area is 173 Å². The Kier molecular flexibility index (Phi) is 5.01. The van der Waals surface area contributed by atoms with Crippen LogP contribution < -0.4 is 26.0 Å². The quantitative estimate of drug-likeness (QED) is 0.828. The van der Waals surface area contributed by atoms with E-state index in [1.54, 1.807) is 20.2 Å². The van der Waals surface area contributed by atoms with Crippen LogP contribution in [-0.2, 0) is 18.9 Å². The van der Waals surface area contributed by atoms with Gasteiger partial charge >= 0.3 is 5.69 Å². The summed E-state index contributed by atoms with van der Waals surface area (Å²) in [6, 6.07) is 5.45. The predicted molar refractivity (Wildman–Crippen MR) is 112 cm³/mol. The molecule has 0 saturated carbocycles. The zero-order chi connectivity index (χ0) is 21.6. The minimum atomic E-state index is -0.584. The normalized spacial score (nSPS) is 17.9. The van der Waals surface area contributed by atoms with E-state index in [-0.39, 0.29) is 5.78 Å². The van der Waals surface area contributed by atoms with Crippen LogP contribution >= 0.6 is 0 Å². The highest BCUT2D eigenvalue weighted by Gasteiger charge is 2.38. The topological polar surface area (TPSA) is 91.6 Å². The number of nitrogens with zero attached hydrogens (tertiary/aromatic N) is 2. The van der Waals surface area contributed by atoms with Crippen molar-refractivity contribution in [3.63, 3.8) is 0 Å². The van der Waals surface area contributed by atoms with Gasteiger partial charge in [0.2, 0.25) is 0 Å². The molecule has 4 rings (SSSR count). The van der Waals surface area contributed by atoms with Gasteiger partial charge in [0.15, 0.2) is 17.3 Å². The number of methoxy groups -OCH3 is 1. The number of hydrogen-bond donors (Lipinski definition) is 1. The molecule has 1 aromatic heterocycles. The van der Waals surface area contributed by atoms with Crippen LogP contribution in [0.15, 0.2) is 39.1 Å². The number of carbonyl (C=O) groups is 1. The number of Topliss-reactive ketones (excluding diaryl/α,β-unsaturated/α-hetero) is 1. The molecular weight excluding hydrogens is 386 g/mol. The van der Waals surface area contributed by atoms with Crippen molar-refractivity contribution in [2.24, 2.45) is 14.1 Å². The van der Waals surface area contributed by atoms with E-state index in [1.807, 2.05) is 19.1 Å². The standard InChI is InChI=1S/C22H25N3O5/c1-5-30-15-10-9-12(11-16(15)29-4)17-18-13(7-6-8-14(18)26)23-20-19(17)21(27)25(3)22(28)24(20)2/h9-11,17,23H,5-8H2,1-4H3. The molecule has 8 heteroatoms. The number of carbonyl (C=O) groups excluding carboxylic acids is 1. The molecule has 158 valence electrons. The number of aromatic nitrogens is 2. The third-order valence-corrected chi connectivity index (χ3v) is 5.82. The molecule has 1 aliphatic heterocycles. The molecule has 0 amide bonds. The van der Waals surface area contributed by atoms with E-state index < -0.39 is 17.2 Å². The molecule has 1 N–H and O–H groups in total. The van der Waals surface area contributed by atoms with Gasteiger partial charge < -0.3 is 14.8 Å². The van der Waals surface area contributed by atoms with Gasteiger partial charge in [0.05, 0.1) is 19.3 Å². The maximum absolute atomic E-state index is 13.2. The lowest BCUT2D eigenvalue weighted by Crippen LogP contribution is -2.44. The van der Waals surface area contributed by atoms with Gasteiger partial charge in [0, 0.05) is 37.7 Å². The molecule has 0 bridgehead atoms. The Hall–Kier alpha value is -3.29. The summed E-state index contributed by atoms with van der Waals surface area (Å²) in [6.07, 6.45) is 1.86. The Bertz CT molecular complexity index is 1190. The van der Waals surface area contributed by atoms with Crippen molar-refractivity contribution >= 4 is 11.6 Å². The monoisotopic (exact) mass is 411 g/mol. The van der Waals surface area contributed by atoms with Gasteiger partial charge in [-0.05, 0) is 37.5 Å². The number of fused-ring (bicyclic) bond motifs is 1. The van der Waals surface area contributed by atoms with Gasteiger partial charge in [-0.2, -0.15) is 0 Å². The van der Waals surface area contributed by atoms with E-state index in [0.717, 1.165) is 22.2 Å². The number of benzene rings is 1. The fourth-order valence-electron chi connectivity index (χ4n) is 4.37. The second-order valence-corrected chi connectivity index (χ2v) is 7.54. The highest BCUT2D eigenvalue weighted by molar-refractivity contribution is 6.00. The number of allylic oxidation sites excluding steroid dienone is 2. The third kappa shape index (κ3) is 2.94. The second-order valence-electron chi connectivity index (χ2n) is 7.54. The smallest absolute Gasteiger partial charge is 0.332 e. The summed E-state index contributed by atoms with van der Waals surface area (Å²) in [5.41, 5.74) is 1.68. The minimum absolute atomic E-state index is 0.0168. The van der Waals surface area contributed by atoms with Crippen LogP contribution in [0.4, 0.5) is 5.82 Å². The third-order valence-electron chi connectivity index (χ3n) is 5.82. The molecule has 1 unspecified atom stereocenters. The van der Waals surface area contributed by atoms with Crippen molar-refractivity contribution < 1.29 is 14.3 Å². The molecule has 2 aliphatic rings. The molecule has 2 aromatic rings. The lowest BCUT2D eigenvalue weighted by molar-refractivity contribution is -0.116.